The first-order valence-corrected chi connectivity index (χ1v) is 6.96. The molecular formula is C17H16F2N2O. The molecule has 0 aliphatic carbocycles. The van der Waals surface area contributed by atoms with Gasteiger partial charge in [0.25, 0.3) is 0 Å². The molecule has 3 nitrogen and oxygen atoms in total. The van der Waals surface area contributed by atoms with Gasteiger partial charge in [-0.2, -0.15) is 0 Å². The van der Waals surface area contributed by atoms with Crippen LogP contribution in [0.1, 0.15) is 12.5 Å². The normalized spacial score (nSPS) is 21.5. The van der Waals surface area contributed by atoms with Crippen LogP contribution in [-0.2, 0) is 10.3 Å². The minimum absolute atomic E-state index is 0.321. The number of benzene rings is 2. The molecule has 0 spiro atoms. The van der Waals surface area contributed by atoms with E-state index in [2.05, 4.69) is 4.99 Å². The molecule has 0 bridgehead atoms. The third-order valence-corrected chi connectivity index (χ3v) is 3.75. The molecule has 1 atom stereocenters. The van der Waals surface area contributed by atoms with Crippen LogP contribution in [0.2, 0.25) is 0 Å². The zero-order valence-corrected chi connectivity index (χ0v) is 12.1. The first-order valence-electron chi connectivity index (χ1n) is 6.96. The van der Waals surface area contributed by atoms with E-state index in [0.29, 0.717) is 30.2 Å². The molecule has 1 aliphatic rings. The van der Waals surface area contributed by atoms with Crippen LogP contribution >= 0.6 is 0 Å². The summed E-state index contributed by atoms with van der Waals surface area (Å²) in [6.07, 6.45) is 0. The number of hydrogen-bond donors (Lipinski definition) is 1. The number of hydrogen-bond acceptors (Lipinski definition) is 3. The van der Waals surface area contributed by atoms with Crippen molar-refractivity contribution in [3.63, 3.8) is 0 Å². The fourth-order valence-corrected chi connectivity index (χ4v) is 2.63. The van der Waals surface area contributed by atoms with Crippen LogP contribution in [0.4, 0.5) is 8.78 Å². The molecule has 114 valence electrons. The Morgan fingerprint density at radius 2 is 2.00 bits per heavy atom. The van der Waals surface area contributed by atoms with Gasteiger partial charge in [0.2, 0.25) is 0 Å². The largest absolute Gasteiger partial charge is 0.386 e. The average Bonchev–Trinajstić information content (AvgIpc) is 2.47. The van der Waals surface area contributed by atoms with Crippen LogP contribution in [-0.4, -0.2) is 19.0 Å². The summed E-state index contributed by atoms with van der Waals surface area (Å²) in [5.41, 5.74) is 7.04. The predicted molar refractivity (Wildman–Crippen MR) is 81.6 cm³/mol. The van der Waals surface area contributed by atoms with E-state index in [1.54, 1.807) is 6.07 Å². The Labute approximate surface area is 127 Å². The fourth-order valence-electron chi connectivity index (χ4n) is 2.63. The highest BCUT2D eigenvalue weighted by Crippen LogP contribution is 2.32. The summed E-state index contributed by atoms with van der Waals surface area (Å²) < 4.78 is 32.5. The molecule has 2 aromatic rings. The van der Waals surface area contributed by atoms with Gasteiger partial charge >= 0.3 is 0 Å². The molecule has 5 heteroatoms. The summed E-state index contributed by atoms with van der Waals surface area (Å²) in [6, 6.07) is 10.9. The number of aliphatic imine (C=N–C) groups is 1. The molecule has 0 fully saturated rings. The molecule has 22 heavy (non-hydrogen) atoms. The van der Waals surface area contributed by atoms with E-state index in [4.69, 9.17) is 10.5 Å². The van der Waals surface area contributed by atoms with Crippen LogP contribution < -0.4 is 5.73 Å². The topological polar surface area (TPSA) is 47.6 Å². The number of rotatable bonds is 2. The van der Waals surface area contributed by atoms with Gasteiger partial charge in [-0.1, -0.05) is 18.2 Å². The van der Waals surface area contributed by atoms with Crippen molar-refractivity contribution in [2.45, 2.75) is 12.5 Å². The maximum atomic E-state index is 14.0. The zero-order chi connectivity index (χ0) is 15.7. The van der Waals surface area contributed by atoms with Crippen molar-refractivity contribution in [3.05, 3.63) is 59.7 Å². The van der Waals surface area contributed by atoms with Crippen molar-refractivity contribution >= 4 is 5.84 Å². The van der Waals surface area contributed by atoms with E-state index in [1.165, 1.54) is 12.1 Å². The molecule has 2 N–H and O–H groups in total. The van der Waals surface area contributed by atoms with Crippen LogP contribution in [0.15, 0.2) is 47.5 Å². The van der Waals surface area contributed by atoms with Crippen LogP contribution in [0, 0.1) is 11.6 Å². The lowest BCUT2D eigenvalue weighted by atomic mass is 9.90. The monoisotopic (exact) mass is 302 g/mol. The van der Waals surface area contributed by atoms with Gasteiger partial charge in [-0.3, -0.25) is 4.99 Å². The highest BCUT2D eigenvalue weighted by molar-refractivity contribution is 5.82. The van der Waals surface area contributed by atoms with E-state index in [1.807, 2.05) is 25.1 Å². The Balaban J connectivity index is 2.05. The smallest absolute Gasteiger partial charge is 0.133 e. The van der Waals surface area contributed by atoms with Crippen LogP contribution in [0.3, 0.4) is 0 Å². The Bertz CT molecular complexity index is 745. The molecule has 0 aromatic heterocycles. The highest BCUT2D eigenvalue weighted by atomic mass is 19.1. The Kier molecular flexibility index (Phi) is 3.66. The van der Waals surface area contributed by atoms with E-state index in [9.17, 15) is 8.78 Å². The molecular weight excluding hydrogens is 286 g/mol. The number of amidine groups is 1. The molecule has 3 rings (SSSR count). The molecule has 0 saturated heterocycles. The van der Waals surface area contributed by atoms with Crippen molar-refractivity contribution in [3.8, 4) is 11.1 Å². The van der Waals surface area contributed by atoms with Crippen molar-refractivity contribution in [1.29, 1.82) is 0 Å². The van der Waals surface area contributed by atoms with Crippen molar-refractivity contribution in [2.24, 2.45) is 10.7 Å². The third-order valence-electron chi connectivity index (χ3n) is 3.75. The maximum absolute atomic E-state index is 14.0. The second kappa shape index (κ2) is 5.50. The standard InChI is InChI=1S/C17H16F2N2O/c1-17(10-22-9-16(20)21-17)12-4-2-3-11(7-12)14-6-5-13(18)8-15(14)19/h2-8H,9-10H2,1H3,(H2,20,21)/t17-/m1/s1. The minimum atomic E-state index is -0.602. The Hall–Kier alpha value is -2.27. The van der Waals surface area contributed by atoms with E-state index >= 15 is 0 Å². The van der Waals surface area contributed by atoms with Gasteiger partial charge in [0, 0.05) is 11.6 Å². The Morgan fingerprint density at radius 1 is 1.18 bits per heavy atom. The maximum Gasteiger partial charge on any atom is 0.133 e. The summed E-state index contributed by atoms with van der Waals surface area (Å²) >= 11 is 0. The number of nitrogens with two attached hydrogens (primary N) is 1. The summed E-state index contributed by atoms with van der Waals surface area (Å²) in [6.45, 7) is 2.64. The predicted octanol–water partition coefficient (Wildman–Crippen LogP) is 3.23. The van der Waals surface area contributed by atoms with Gasteiger partial charge < -0.3 is 10.5 Å². The van der Waals surface area contributed by atoms with Gasteiger partial charge in [-0.15, -0.1) is 0 Å². The SMILES string of the molecule is C[C@]1(c2cccc(-c3ccc(F)cc3F)c2)COCC(N)=N1. The second-order valence-corrected chi connectivity index (χ2v) is 5.57. The van der Waals surface area contributed by atoms with Crippen molar-refractivity contribution in [1.82, 2.24) is 0 Å². The van der Waals surface area contributed by atoms with Gasteiger partial charge in [-0.05, 0) is 36.2 Å². The summed E-state index contributed by atoms with van der Waals surface area (Å²) in [4.78, 5) is 4.47. The van der Waals surface area contributed by atoms with E-state index in [0.717, 1.165) is 11.6 Å². The summed E-state index contributed by atoms with van der Waals surface area (Å²) in [5, 5.41) is 0. The van der Waals surface area contributed by atoms with Crippen molar-refractivity contribution < 1.29 is 13.5 Å². The lowest BCUT2D eigenvalue weighted by Crippen LogP contribution is -2.37. The van der Waals surface area contributed by atoms with Gasteiger partial charge in [-0.25, -0.2) is 8.78 Å². The lowest BCUT2D eigenvalue weighted by molar-refractivity contribution is 0.106. The lowest BCUT2D eigenvalue weighted by Gasteiger charge is -2.30. The number of nitrogens with zero attached hydrogens (tertiary/aromatic N) is 1. The second-order valence-electron chi connectivity index (χ2n) is 5.57. The summed E-state index contributed by atoms with van der Waals surface area (Å²) in [7, 11) is 0. The first kappa shape index (κ1) is 14.7. The highest BCUT2D eigenvalue weighted by Gasteiger charge is 2.30. The van der Waals surface area contributed by atoms with Gasteiger partial charge in [0.05, 0.1) is 6.61 Å². The zero-order valence-electron chi connectivity index (χ0n) is 12.1. The van der Waals surface area contributed by atoms with E-state index in [-0.39, 0.29) is 0 Å². The van der Waals surface area contributed by atoms with Gasteiger partial charge in [0.1, 0.15) is 29.6 Å². The fraction of sp³-hybridized carbons (Fsp3) is 0.235. The molecule has 2 aromatic carbocycles. The Morgan fingerprint density at radius 3 is 2.73 bits per heavy atom. The minimum Gasteiger partial charge on any atom is -0.386 e. The molecule has 0 unspecified atom stereocenters. The number of halogens is 2. The number of ether oxygens (including phenoxy) is 1. The molecule has 1 aliphatic heterocycles. The molecule has 1 heterocycles. The van der Waals surface area contributed by atoms with Crippen LogP contribution in [0.25, 0.3) is 11.1 Å². The molecule has 0 radical (unpaired) electrons. The quantitative estimate of drug-likeness (QED) is 0.926. The van der Waals surface area contributed by atoms with Crippen LogP contribution in [0.5, 0.6) is 0 Å². The molecule has 0 saturated carbocycles. The van der Waals surface area contributed by atoms with E-state index < -0.39 is 17.2 Å². The first-order chi connectivity index (χ1) is 10.5. The van der Waals surface area contributed by atoms with Crippen molar-refractivity contribution in [2.75, 3.05) is 13.2 Å². The van der Waals surface area contributed by atoms with Gasteiger partial charge in [0.15, 0.2) is 0 Å². The molecule has 0 amide bonds. The summed E-state index contributed by atoms with van der Waals surface area (Å²) in [5.74, 6) is -0.750. The average molecular weight is 302 g/mol. The third kappa shape index (κ3) is 2.72.